The van der Waals surface area contributed by atoms with Crippen molar-refractivity contribution >= 4 is 0 Å². The molecule has 0 radical (unpaired) electrons. The molecule has 1 aromatic rings. The SMILES string of the molecule is CN(CCOc1ccccc1CN)CC1(N(C)C)CCC1. The molecule has 4 heteroatoms. The van der Waals surface area contributed by atoms with Crippen molar-refractivity contribution in [3.8, 4) is 5.75 Å². The molecule has 21 heavy (non-hydrogen) atoms. The summed E-state index contributed by atoms with van der Waals surface area (Å²) in [6.07, 6.45) is 3.97. The van der Waals surface area contributed by atoms with Gasteiger partial charge < -0.3 is 20.3 Å². The van der Waals surface area contributed by atoms with E-state index < -0.39 is 0 Å². The first-order valence-electron chi connectivity index (χ1n) is 7.84. The van der Waals surface area contributed by atoms with Gasteiger partial charge in [0.1, 0.15) is 12.4 Å². The zero-order valence-electron chi connectivity index (χ0n) is 13.6. The van der Waals surface area contributed by atoms with Crippen LogP contribution in [0.3, 0.4) is 0 Å². The number of likely N-dealkylation sites (N-methyl/N-ethyl adjacent to an activating group) is 2. The van der Waals surface area contributed by atoms with E-state index in [0.29, 0.717) is 18.7 Å². The molecular weight excluding hydrogens is 262 g/mol. The molecule has 0 unspecified atom stereocenters. The predicted octanol–water partition coefficient (Wildman–Crippen LogP) is 1.94. The van der Waals surface area contributed by atoms with E-state index in [1.165, 1.54) is 19.3 Å². The summed E-state index contributed by atoms with van der Waals surface area (Å²) < 4.78 is 5.89. The molecular formula is C17H29N3O. The van der Waals surface area contributed by atoms with Gasteiger partial charge >= 0.3 is 0 Å². The first-order valence-corrected chi connectivity index (χ1v) is 7.84. The number of benzene rings is 1. The van der Waals surface area contributed by atoms with Crippen molar-refractivity contribution < 1.29 is 4.74 Å². The summed E-state index contributed by atoms with van der Waals surface area (Å²) >= 11 is 0. The van der Waals surface area contributed by atoms with E-state index in [4.69, 9.17) is 10.5 Å². The molecule has 0 heterocycles. The molecule has 0 aliphatic heterocycles. The Morgan fingerprint density at radius 2 is 1.90 bits per heavy atom. The van der Waals surface area contributed by atoms with Gasteiger partial charge in [0.25, 0.3) is 0 Å². The monoisotopic (exact) mass is 291 g/mol. The van der Waals surface area contributed by atoms with Gasteiger partial charge in [-0.3, -0.25) is 0 Å². The maximum absolute atomic E-state index is 5.89. The molecule has 4 nitrogen and oxygen atoms in total. The number of para-hydroxylation sites is 1. The lowest BCUT2D eigenvalue weighted by Crippen LogP contribution is -2.57. The fourth-order valence-electron chi connectivity index (χ4n) is 3.04. The highest BCUT2D eigenvalue weighted by atomic mass is 16.5. The summed E-state index contributed by atoms with van der Waals surface area (Å²) in [6.45, 7) is 3.28. The molecule has 0 saturated heterocycles. The van der Waals surface area contributed by atoms with Gasteiger partial charge in [-0.25, -0.2) is 0 Å². The molecule has 2 N–H and O–H groups in total. The molecule has 0 spiro atoms. The Morgan fingerprint density at radius 3 is 2.48 bits per heavy atom. The Balaban J connectivity index is 1.78. The fraction of sp³-hybridized carbons (Fsp3) is 0.647. The second kappa shape index (κ2) is 7.25. The van der Waals surface area contributed by atoms with E-state index in [9.17, 15) is 0 Å². The summed E-state index contributed by atoms with van der Waals surface area (Å²) in [5, 5.41) is 0. The molecule has 118 valence electrons. The normalized spacial score (nSPS) is 17.0. The summed E-state index contributed by atoms with van der Waals surface area (Å²) in [7, 11) is 6.57. The van der Waals surface area contributed by atoms with Crippen LogP contribution in [0.25, 0.3) is 0 Å². The third-order valence-electron chi connectivity index (χ3n) is 4.72. The van der Waals surface area contributed by atoms with Crippen LogP contribution in [-0.2, 0) is 6.54 Å². The van der Waals surface area contributed by atoms with Crippen molar-refractivity contribution in [2.24, 2.45) is 5.73 Å². The number of hydrogen-bond acceptors (Lipinski definition) is 4. The van der Waals surface area contributed by atoms with Crippen LogP contribution in [0.2, 0.25) is 0 Å². The fourth-order valence-corrected chi connectivity index (χ4v) is 3.04. The summed E-state index contributed by atoms with van der Waals surface area (Å²) in [5.41, 5.74) is 7.18. The highest BCUT2D eigenvalue weighted by molar-refractivity contribution is 5.32. The summed E-state index contributed by atoms with van der Waals surface area (Å²) in [5.74, 6) is 0.916. The molecule has 1 saturated carbocycles. The van der Waals surface area contributed by atoms with Crippen LogP contribution in [0, 0.1) is 0 Å². The van der Waals surface area contributed by atoms with Gasteiger partial charge in [-0.1, -0.05) is 18.2 Å². The maximum Gasteiger partial charge on any atom is 0.123 e. The highest BCUT2D eigenvalue weighted by Gasteiger charge is 2.39. The number of ether oxygens (including phenoxy) is 1. The van der Waals surface area contributed by atoms with Gasteiger partial charge in [0, 0.05) is 30.7 Å². The van der Waals surface area contributed by atoms with Gasteiger partial charge in [0.15, 0.2) is 0 Å². The van der Waals surface area contributed by atoms with Crippen LogP contribution in [0.1, 0.15) is 24.8 Å². The second-order valence-electron chi connectivity index (χ2n) is 6.37. The van der Waals surface area contributed by atoms with Crippen molar-refractivity contribution in [3.63, 3.8) is 0 Å². The molecule has 1 aliphatic rings. The van der Waals surface area contributed by atoms with Crippen LogP contribution in [0.5, 0.6) is 5.75 Å². The quantitative estimate of drug-likeness (QED) is 0.795. The van der Waals surface area contributed by atoms with Crippen molar-refractivity contribution in [2.75, 3.05) is 40.8 Å². The van der Waals surface area contributed by atoms with Gasteiger partial charge in [0.05, 0.1) is 0 Å². The molecule has 1 aliphatic carbocycles. The number of hydrogen-bond donors (Lipinski definition) is 1. The van der Waals surface area contributed by atoms with E-state index in [-0.39, 0.29) is 0 Å². The highest BCUT2D eigenvalue weighted by Crippen LogP contribution is 2.36. The minimum Gasteiger partial charge on any atom is -0.492 e. The van der Waals surface area contributed by atoms with Crippen molar-refractivity contribution in [2.45, 2.75) is 31.3 Å². The van der Waals surface area contributed by atoms with Crippen LogP contribution >= 0.6 is 0 Å². The average molecular weight is 291 g/mol. The average Bonchev–Trinajstić information content (AvgIpc) is 2.43. The lowest BCUT2D eigenvalue weighted by molar-refractivity contribution is 0.0249. The largest absolute Gasteiger partial charge is 0.492 e. The van der Waals surface area contributed by atoms with Gasteiger partial charge in [0.2, 0.25) is 0 Å². The Morgan fingerprint density at radius 1 is 1.19 bits per heavy atom. The van der Waals surface area contributed by atoms with E-state index in [1.807, 2.05) is 24.3 Å². The zero-order chi connectivity index (χ0) is 15.3. The standard InChI is InChI=1S/C17H29N3O/c1-19(2)17(9-6-10-17)14-20(3)11-12-21-16-8-5-4-7-15(16)13-18/h4-5,7-8H,6,9-14,18H2,1-3H3. The van der Waals surface area contributed by atoms with E-state index in [1.54, 1.807) is 0 Å². The number of rotatable bonds is 8. The smallest absolute Gasteiger partial charge is 0.123 e. The van der Waals surface area contributed by atoms with Crippen molar-refractivity contribution in [1.29, 1.82) is 0 Å². The van der Waals surface area contributed by atoms with Crippen LogP contribution in [0.4, 0.5) is 0 Å². The van der Waals surface area contributed by atoms with E-state index in [2.05, 4.69) is 30.9 Å². The Hall–Kier alpha value is -1.10. The van der Waals surface area contributed by atoms with E-state index >= 15 is 0 Å². The molecule has 0 bridgehead atoms. The Labute approximate surface area is 128 Å². The van der Waals surface area contributed by atoms with Crippen molar-refractivity contribution in [3.05, 3.63) is 29.8 Å². The lowest BCUT2D eigenvalue weighted by atomic mass is 9.75. The molecule has 2 rings (SSSR count). The van der Waals surface area contributed by atoms with Gasteiger partial charge in [-0.2, -0.15) is 0 Å². The lowest BCUT2D eigenvalue weighted by Gasteiger charge is -2.49. The molecule has 1 aromatic carbocycles. The molecule has 0 atom stereocenters. The van der Waals surface area contributed by atoms with Crippen LogP contribution in [0.15, 0.2) is 24.3 Å². The van der Waals surface area contributed by atoms with Crippen LogP contribution in [-0.4, -0.2) is 56.2 Å². The zero-order valence-corrected chi connectivity index (χ0v) is 13.6. The van der Waals surface area contributed by atoms with E-state index in [0.717, 1.165) is 24.4 Å². The minimum absolute atomic E-state index is 0.379. The third-order valence-corrected chi connectivity index (χ3v) is 4.72. The third kappa shape index (κ3) is 3.96. The topological polar surface area (TPSA) is 41.7 Å². The minimum atomic E-state index is 0.379. The first kappa shape index (κ1) is 16.3. The van der Waals surface area contributed by atoms with Crippen LogP contribution < -0.4 is 10.5 Å². The summed E-state index contributed by atoms with van der Waals surface area (Å²) in [4.78, 5) is 4.77. The summed E-state index contributed by atoms with van der Waals surface area (Å²) in [6, 6.07) is 8.01. The van der Waals surface area contributed by atoms with Crippen molar-refractivity contribution in [1.82, 2.24) is 9.80 Å². The maximum atomic E-state index is 5.89. The number of nitrogens with zero attached hydrogens (tertiary/aromatic N) is 2. The Kier molecular flexibility index (Phi) is 5.62. The Bertz CT molecular complexity index is 443. The molecule has 1 fully saturated rings. The predicted molar refractivity (Wildman–Crippen MR) is 87.6 cm³/mol. The first-order chi connectivity index (χ1) is 10.1. The number of nitrogens with two attached hydrogens (primary N) is 1. The van der Waals surface area contributed by atoms with Gasteiger partial charge in [-0.05, 0) is 46.5 Å². The molecule has 0 aromatic heterocycles. The second-order valence-corrected chi connectivity index (χ2v) is 6.37. The van der Waals surface area contributed by atoms with Gasteiger partial charge in [-0.15, -0.1) is 0 Å². The molecule has 0 amide bonds.